The first-order valence-corrected chi connectivity index (χ1v) is 8.42. The van der Waals surface area contributed by atoms with E-state index < -0.39 is 17.7 Å². The predicted octanol–water partition coefficient (Wildman–Crippen LogP) is 2.83. The van der Waals surface area contributed by atoms with Crippen LogP contribution in [0.3, 0.4) is 0 Å². The van der Waals surface area contributed by atoms with Gasteiger partial charge < -0.3 is 9.64 Å². The summed E-state index contributed by atoms with van der Waals surface area (Å²) in [5.74, 6) is -0.0637. The molecule has 1 aromatic heterocycles. The summed E-state index contributed by atoms with van der Waals surface area (Å²) in [4.78, 5) is 32.7. The topological polar surface area (TPSA) is 62.7 Å². The van der Waals surface area contributed by atoms with Crippen molar-refractivity contribution in [2.24, 2.45) is 0 Å². The van der Waals surface area contributed by atoms with Crippen LogP contribution in [0.5, 0.6) is 0 Å². The fourth-order valence-corrected chi connectivity index (χ4v) is 2.79. The van der Waals surface area contributed by atoms with Crippen LogP contribution in [0.1, 0.15) is 45.7 Å². The summed E-state index contributed by atoms with van der Waals surface area (Å²) in [6.45, 7) is 6.48. The van der Waals surface area contributed by atoms with Gasteiger partial charge >= 0.3 is 6.09 Å². The number of ether oxygens (including phenoxy) is 1. The standard InChI is InChI=1S/C18H27N3O3/c1-18(2,3)24-17(23)21-12-8-6-10-15(21)16(22)20(4)13-14-9-5-7-11-19-14/h5,7,9,11,15H,6,8,10,12-13H2,1-4H3. The van der Waals surface area contributed by atoms with E-state index in [-0.39, 0.29) is 5.91 Å². The lowest BCUT2D eigenvalue weighted by Gasteiger charge is -2.37. The number of likely N-dealkylation sites (N-methyl/N-ethyl adjacent to an activating group) is 1. The molecule has 0 N–H and O–H groups in total. The Morgan fingerprint density at radius 3 is 2.71 bits per heavy atom. The molecule has 24 heavy (non-hydrogen) atoms. The summed E-state index contributed by atoms with van der Waals surface area (Å²) >= 11 is 0. The molecule has 1 atom stereocenters. The van der Waals surface area contributed by atoms with Crippen LogP contribution in [0.15, 0.2) is 24.4 Å². The van der Waals surface area contributed by atoms with Gasteiger partial charge in [0.15, 0.2) is 0 Å². The zero-order chi connectivity index (χ0) is 17.7. The van der Waals surface area contributed by atoms with Crippen molar-refractivity contribution in [2.75, 3.05) is 13.6 Å². The highest BCUT2D eigenvalue weighted by Crippen LogP contribution is 2.22. The zero-order valence-electron chi connectivity index (χ0n) is 15.0. The fraction of sp³-hybridized carbons (Fsp3) is 0.611. The lowest BCUT2D eigenvalue weighted by atomic mass is 10.0. The molecule has 6 heteroatoms. The van der Waals surface area contributed by atoms with Crippen LogP contribution in [0.2, 0.25) is 0 Å². The van der Waals surface area contributed by atoms with Crippen molar-refractivity contribution in [1.29, 1.82) is 0 Å². The largest absolute Gasteiger partial charge is 0.444 e. The fourth-order valence-electron chi connectivity index (χ4n) is 2.79. The quantitative estimate of drug-likeness (QED) is 0.853. The third-order valence-corrected chi connectivity index (χ3v) is 3.92. The number of aromatic nitrogens is 1. The molecule has 6 nitrogen and oxygen atoms in total. The van der Waals surface area contributed by atoms with Gasteiger partial charge in [0.05, 0.1) is 12.2 Å². The molecule has 0 aromatic carbocycles. The van der Waals surface area contributed by atoms with Crippen LogP contribution < -0.4 is 0 Å². The summed E-state index contributed by atoms with van der Waals surface area (Å²) in [6.07, 6.45) is 3.80. The number of amides is 2. The van der Waals surface area contributed by atoms with Gasteiger partial charge in [-0.3, -0.25) is 14.7 Å². The monoisotopic (exact) mass is 333 g/mol. The molecule has 1 aliphatic heterocycles. The Bertz CT molecular complexity index is 569. The van der Waals surface area contributed by atoms with Gasteiger partial charge in [-0.2, -0.15) is 0 Å². The van der Waals surface area contributed by atoms with Crippen molar-refractivity contribution in [1.82, 2.24) is 14.8 Å². The van der Waals surface area contributed by atoms with Gasteiger partial charge in [0.1, 0.15) is 11.6 Å². The molecular weight excluding hydrogens is 306 g/mol. The summed E-state index contributed by atoms with van der Waals surface area (Å²) in [5, 5.41) is 0. The molecule has 1 saturated heterocycles. The SMILES string of the molecule is CN(Cc1ccccn1)C(=O)C1CCCCN1C(=O)OC(C)(C)C. The lowest BCUT2D eigenvalue weighted by Crippen LogP contribution is -2.53. The summed E-state index contributed by atoms with van der Waals surface area (Å²) < 4.78 is 5.46. The number of carbonyl (C=O) groups is 2. The number of rotatable bonds is 3. The predicted molar refractivity (Wildman–Crippen MR) is 91.3 cm³/mol. The van der Waals surface area contributed by atoms with Crippen LogP contribution in [0.4, 0.5) is 4.79 Å². The molecule has 2 amide bonds. The van der Waals surface area contributed by atoms with Crippen molar-refractivity contribution < 1.29 is 14.3 Å². The highest BCUT2D eigenvalue weighted by molar-refractivity contribution is 5.85. The van der Waals surface area contributed by atoms with Crippen LogP contribution in [-0.4, -0.2) is 52.0 Å². The van der Waals surface area contributed by atoms with E-state index in [2.05, 4.69) is 4.98 Å². The van der Waals surface area contributed by atoms with Crippen LogP contribution in [0, 0.1) is 0 Å². The average Bonchev–Trinajstić information content (AvgIpc) is 2.53. The number of pyridine rings is 1. The Morgan fingerprint density at radius 1 is 1.33 bits per heavy atom. The number of carbonyl (C=O) groups excluding carboxylic acids is 2. The zero-order valence-corrected chi connectivity index (χ0v) is 15.0. The second kappa shape index (κ2) is 7.64. The maximum Gasteiger partial charge on any atom is 0.410 e. The van der Waals surface area contributed by atoms with Crippen molar-refractivity contribution in [3.8, 4) is 0 Å². The lowest BCUT2D eigenvalue weighted by molar-refractivity contribution is -0.137. The van der Waals surface area contributed by atoms with Crippen molar-refractivity contribution >= 4 is 12.0 Å². The normalized spacial score (nSPS) is 18.2. The van der Waals surface area contributed by atoms with Crippen LogP contribution >= 0.6 is 0 Å². The maximum absolute atomic E-state index is 12.8. The Hall–Kier alpha value is -2.11. The van der Waals surface area contributed by atoms with E-state index in [0.29, 0.717) is 19.5 Å². The molecule has 132 valence electrons. The molecule has 1 fully saturated rings. The second-order valence-electron chi connectivity index (χ2n) is 7.20. The van der Waals surface area contributed by atoms with Crippen molar-refractivity contribution in [3.05, 3.63) is 30.1 Å². The minimum absolute atomic E-state index is 0.0637. The van der Waals surface area contributed by atoms with E-state index in [0.717, 1.165) is 18.5 Å². The van der Waals surface area contributed by atoms with Crippen LogP contribution in [-0.2, 0) is 16.1 Å². The highest BCUT2D eigenvalue weighted by atomic mass is 16.6. The van der Waals surface area contributed by atoms with E-state index in [4.69, 9.17) is 4.74 Å². The molecule has 2 heterocycles. The Labute approximate surface area is 143 Å². The van der Waals surface area contributed by atoms with E-state index in [1.165, 1.54) is 0 Å². The van der Waals surface area contributed by atoms with Gasteiger partial charge in [-0.1, -0.05) is 6.07 Å². The van der Waals surface area contributed by atoms with Crippen molar-refractivity contribution in [2.45, 2.75) is 58.2 Å². The average molecular weight is 333 g/mol. The minimum atomic E-state index is -0.567. The van der Waals surface area contributed by atoms with Gasteiger partial charge in [-0.05, 0) is 52.2 Å². The number of piperidine rings is 1. The number of likely N-dealkylation sites (tertiary alicyclic amines) is 1. The van der Waals surface area contributed by atoms with E-state index >= 15 is 0 Å². The Balaban J connectivity index is 2.05. The Morgan fingerprint density at radius 2 is 2.08 bits per heavy atom. The van der Waals surface area contributed by atoms with Gasteiger partial charge in [-0.25, -0.2) is 4.79 Å². The van der Waals surface area contributed by atoms with Gasteiger partial charge in [-0.15, -0.1) is 0 Å². The highest BCUT2D eigenvalue weighted by Gasteiger charge is 2.36. The van der Waals surface area contributed by atoms with E-state index in [1.807, 2.05) is 39.0 Å². The molecule has 1 aliphatic rings. The maximum atomic E-state index is 12.8. The van der Waals surface area contributed by atoms with Gasteiger partial charge in [0.25, 0.3) is 0 Å². The Kier molecular flexibility index (Phi) is 5.80. The molecule has 0 radical (unpaired) electrons. The minimum Gasteiger partial charge on any atom is -0.444 e. The van der Waals surface area contributed by atoms with E-state index in [9.17, 15) is 9.59 Å². The number of hydrogen-bond acceptors (Lipinski definition) is 4. The number of hydrogen-bond donors (Lipinski definition) is 0. The molecule has 0 spiro atoms. The third-order valence-electron chi connectivity index (χ3n) is 3.92. The number of nitrogens with zero attached hydrogens (tertiary/aromatic N) is 3. The molecule has 0 bridgehead atoms. The molecular formula is C18H27N3O3. The van der Waals surface area contributed by atoms with Crippen molar-refractivity contribution in [3.63, 3.8) is 0 Å². The van der Waals surface area contributed by atoms with Gasteiger partial charge in [0.2, 0.25) is 5.91 Å². The van der Waals surface area contributed by atoms with E-state index in [1.54, 1.807) is 23.0 Å². The molecule has 1 aromatic rings. The molecule has 0 saturated carbocycles. The first kappa shape index (κ1) is 18.2. The second-order valence-corrected chi connectivity index (χ2v) is 7.20. The first-order chi connectivity index (χ1) is 11.3. The summed E-state index contributed by atoms with van der Waals surface area (Å²) in [7, 11) is 1.75. The molecule has 1 unspecified atom stereocenters. The summed E-state index contributed by atoms with van der Waals surface area (Å²) in [5.41, 5.74) is 0.259. The first-order valence-electron chi connectivity index (χ1n) is 8.42. The van der Waals surface area contributed by atoms with Gasteiger partial charge in [0, 0.05) is 19.8 Å². The summed E-state index contributed by atoms with van der Waals surface area (Å²) in [6, 6.07) is 5.17. The third kappa shape index (κ3) is 4.94. The smallest absolute Gasteiger partial charge is 0.410 e. The molecule has 0 aliphatic carbocycles. The van der Waals surface area contributed by atoms with Crippen LogP contribution in [0.25, 0.3) is 0 Å². The molecule has 2 rings (SSSR count).